The van der Waals surface area contributed by atoms with Gasteiger partial charge in [0.2, 0.25) is 21.8 Å². The molecule has 3 atom stereocenters. The molecule has 0 aromatic heterocycles. The van der Waals surface area contributed by atoms with Crippen molar-refractivity contribution in [2.45, 2.75) is 105 Å². The lowest BCUT2D eigenvalue weighted by Gasteiger charge is -2.41. The average Bonchev–Trinajstić information content (AvgIpc) is 2.82. The summed E-state index contributed by atoms with van der Waals surface area (Å²) in [6.07, 6.45) is 4.73. The summed E-state index contributed by atoms with van der Waals surface area (Å²) in [5, 5.41) is 3.06. The molecular formula is C27H50N4O5S2. The number of carbonyl (C=O) groups excluding carboxylic acids is 3. The molecule has 0 saturated carbocycles. The van der Waals surface area contributed by atoms with Gasteiger partial charge in [-0.05, 0) is 63.7 Å². The molecule has 1 fully saturated rings. The Morgan fingerprint density at radius 3 is 2.24 bits per heavy atom. The summed E-state index contributed by atoms with van der Waals surface area (Å²) in [5.74, 6) is -0.987. The van der Waals surface area contributed by atoms with Crippen LogP contribution in [0.1, 0.15) is 81.1 Å². The lowest BCUT2D eigenvalue weighted by Crippen LogP contribution is -2.60. The van der Waals surface area contributed by atoms with Gasteiger partial charge >= 0.3 is 0 Å². The van der Waals surface area contributed by atoms with Gasteiger partial charge in [-0.3, -0.25) is 19.3 Å². The number of likely N-dealkylation sites (tertiary alicyclic amines) is 1. The summed E-state index contributed by atoms with van der Waals surface area (Å²) >= 11 is 4.02. The third-order valence-electron chi connectivity index (χ3n) is 6.99. The zero-order valence-electron chi connectivity index (χ0n) is 24.7. The number of hydrogen-bond acceptors (Lipinski definition) is 7. The minimum atomic E-state index is -3.77. The van der Waals surface area contributed by atoms with Crippen LogP contribution in [0.4, 0.5) is 0 Å². The number of piperidine rings is 1. The normalized spacial score (nSPS) is 19.3. The number of rotatable bonds is 12. The molecule has 0 aliphatic carbocycles. The first-order valence-corrected chi connectivity index (χ1v) is 15.9. The van der Waals surface area contributed by atoms with Crippen molar-refractivity contribution in [3.05, 3.63) is 11.6 Å². The number of thiol groups is 1. The molecule has 9 nitrogen and oxygen atoms in total. The van der Waals surface area contributed by atoms with Crippen LogP contribution in [0.25, 0.3) is 0 Å². The van der Waals surface area contributed by atoms with Crippen molar-refractivity contribution < 1.29 is 22.8 Å². The molecule has 0 aromatic carbocycles. The van der Waals surface area contributed by atoms with Gasteiger partial charge in [0, 0.05) is 18.7 Å². The summed E-state index contributed by atoms with van der Waals surface area (Å²) in [5.41, 5.74) is -0.360. The maximum absolute atomic E-state index is 13.8. The molecule has 0 aromatic rings. The van der Waals surface area contributed by atoms with Crippen LogP contribution in [-0.4, -0.2) is 85.2 Å². The van der Waals surface area contributed by atoms with Crippen molar-refractivity contribution in [3.63, 3.8) is 0 Å². The van der Waals surface area contributed by atoms with E-state index in [-0.39, 0.29) is 41.1 Å². The van der Waals surface area contributed by atoms with E-state index in [1.165, 1.54) is 6.92 Å². The second kappa shape index (κ2) is 14.7. The van der Waals surface area contributed by atoms with Crippen LogP contribution in [0.5, 0.6) is 0 Å². The fourth-order valence-corrected chi connectivity index (χ4v) is 6.14. The Hall–Kier alpha value is -1.59. The number of carbonyl (C=O) groups is 3. The van der Waals surface area contributed by atoms with Crippen LogP contribution >= 0.6 is 12.6 Å². The lowest BCUT2D eigenvalue weighted by molar-refractivity contribution is -0.142. The number of sulfonamides is 1. The monoisotopic (exact) mass is 574 g/mol. The van der Waals surface area contributed by atoms with Gasteiger partial charge in [0.25, 0.3) is 5.91 Å². The average molecular weight is 575 g/mol. The van der Waals surface area contributed by atoms with E-state index >= 15 is 0 Å². The molecular weight excluding hydrogens is 524 g/mol. The van der Waals surface area contributed by atoms with E-state index in [2.05, 4.69) is 41.4 Å². The summed E-state index contributed by atoms with van der Waals surface area (Å²) in [6, 6.07) is -1.31. The molecule has 1 aliphatic rings. The zero-order valence-corrected chi connectivity index (χ0v) is 26.4. The molecule has 1 heterocycles. The minimum absolute atomic E-state index is 0.0708. The highest BCUT2D eigenvalue weighted by Gasteiger charge is 2.39. The van der Waals surface area contributed by atoms with Crippen molar-refractivity contribution in [1.82, 2.24) is 19.8 Å². The smallest absolute Gasteiger partial charge is 0.260 e. The van der Waals surface area contributed by atoms with Crippen molar-refractivity contribution >= 4 is 40.4 Å². The first-order valence-electron chi connectivity index (χ1n) is 13.6. The fraction of sp³-hybridized carbons (Fsp3) is 0.815. The van der Waals surface area contributed by atoms with Crippen molar-refractivity contribution in [2.24, 2.45) is 11.3 Å². The molecule has 1 aliphatic heterocycles. The molecule has 0 bridgehead atoms. The highest BCUT2D eigenvalue weighted by Crippen LogP contribution is 2.26. The second-order valence-electron chi connectivity index (χ2n) is 12.0. The Kier molecular flexibility index (Phi) is 13.3. The zero-order chi connectivity index (χ0) is 29.4. The van der Waals surface area contributed by atoms with E-state index in [4.69, 9.17) is 0 Å². The lowest BCUT2D eigenvalue weighted by atomic mass is 9.84. The van der Waals surface area contributed by atoms with Gasteiger partial charge < -0.3 is 10.2 Å². The highest BCUT2D eigenvalue weighted by atomic mass is 32.2. The molecule has 0 radical (unpaired) electrons. The molecule has 1 unspecified atom stereocenters. The maximum atomic E-state index is 13.8. The number of likely N-dealkylation sites (N-methyl/N-ethyl adjacent to an activating group) is 1. The van der Waals surface area contributed by atoms with E-state index in [1.54, 1.807) is 18.0 Å². The minimum Gasteiger partial charge on any atom is -0.342 e. The van der Waals surface area contributed by atoms with Crippen molar-refractivity contribution in [3.8, 4) is 0 Å². The summed E-state index contributed by atoms with van der Waals surface area (Å²) in [4.78, 5) is 43.6. The van der Waals surface area contributed by atoms with E-state index in [0.717, 1.165) is 25.8 Å². The molecule has 3 amide bonds. The maximum Gasteiger partial charge on any atom is 0.260 e. The van der Waals surface area contributed by atoms with Gasteiger partial charge in [-0.1, -0.05) is 47.1 Å². The Morgan fingerprint density at radius 2 is 1.74 bits per heavy atom. The largest absolute Gasteiger partial charge is 0.342 e. The first-order chi connectivity index (χ1) is 17.4. The van der Waals surface area contributed by atoms with Gasteiger partial charge in [-0.2, -0.15) is 12.6 Å². The molecule has 1 saturated heterocycles. The predicted octanol–water partition coefficient (Wildman–Crippen LogP) is 2.98. The molecule has 220 valence electrons. The predicted molar refractivity (Wildman–Crippen MR) is 156 cm³/mol. The van der Waals surface area contributed by atoms with Gasteiger partial charge in [0.1, 0.15) is 6.04 Å². The van der Waals surface area contributed by atoms with Crippen LogP contribution in [0.2, 0.25) is 0 Å². The third kappa shape index (κ3) is 10.2. The van der Waals surface area contributed by atoms with Crippen LogP contribution in [0, 0.1) is 11.3 Å². The first kappa shape index (κ1) is 34.4. The summed E-state index contributed by atoms with van der Waals surface area (Å²) in [6.45, 7) is 16.1. The highest BCUT2D eigenvalue weighted by molar-refractivity contribution is 7.90. The molecule has 1 rings (SSSR count). The SMILES string of the molecule is C/C(=C\[C@H](C(C)C)N(C)C(=O)C(NC(=O)[C@@H]1CCCCN1C(C)C)C(C)(C)C)C(=O)NS(=O)(=O)CCCS. The molecule has 0 spiro atoms. The quantitative estimate of drug-likeness (QED) is 0.244. The van der Waals surface area contributed by atoms with Crippen molar-refractivity contribution in [2.75, 3.05) is 25.1 Å². The Bertz CT molecular complexity index is 957. The van der Waals surface area contributed by atoms with E-state index in [0.29, 0.717) is 12.2 Å². The summed E-state index contributed by atoms with van der Waals surface area (Å²) in [7, 11) is -2.11. The van der Waals surface area contributed by atoms with Crippen LogP contribution in [0.15, 0.2) is 11.6 Å². The van der Waals surface area contributed by atoms with E-state index in [1.807, 2.05) is 34.6 Å². The number of nitrogens with zero attached hydrogens (tertiary/aromatic N) is 2. The van der Waals surface area contributed by atoms with E-state index < -0.39 is 33.4 Å². The fourth-order valence-electron chi connectivity index (χ4n) is 4.70. The van der Waals surface area contributed by atoms with Gasteiger partial charge in [-0.25, -0.2) is 13.1 Å². The Labute approximate surface area is 236 Å². The van der Waals surface area contributed by atoms with Gasteiger partial charge in [-0.15, -0.1) is 0 Å². The van der Waals surface area contributed by atoms with E-state index in [9.17, 15) is 22.8 Å². The number of nitrogens with one attached hydrogen (secondary N) is 2. The number of hydrogen-bond donors (Lipinski definition) is 3. The molecule has 11 heteroatoms. The topological polar surface area (TPSA) is 116 Å². The van der Waals surface area contributed by atoms with Crippen LogP contribution < -0.4 is 10.0 Å². The second-order valence-corrected chi connectivity index (χ2v) is 14.3. The standard InChI is InChI=1S/C27H50N4O5S2/c1-18(2)22(17-20(5)24(32)29-38(35,36)16-12-15-37)30(9)26(34)23(27(6,7)8)28-25(33)21-13-10-11-14-31(21)19(3)4/h17-19,21-23,37H,10-16H2,1-9H3,(H,28,33)(H,29,32)/b20-17+/t21-,22+,23?/m0/s1. The van der Waals surface area contributed by atoms with Crippen LogP contribution in [-0.2, 0) is 24.4 Å². The summed E-state index contributed by atoms with van der Waals surface area (Å²) < 4.78 is 26.4. The van der Waals surface area contributed by atoms with Gasteiger partial charge in [0.05, 0.1) is 17.8 Å². The third-order valence-corrected chi connectivity index (χ3v) is 8.62. The van der Waals surface area contributed by atoms with Gasteiger partial charge in [0.15, 0.2) is 0 Å². The Balaban J connectivity index is 3.16. The molecule has 38 heavy (non-hydrogen) atoms. The molecule has 2 N–H and O–H groups in total. The van der Waals surface area contributed by atoms with Crippen LogP contribution in [0.3, 0.4) is 0 Å². The Morgan fingerprint density at radius 1 is 1.13 bits per heavy atom. The van der Waals surface area contributed by atoms with Crippen molar-refractivity contribution in [1.29, 1.82) is 0 Å². The number of amides is 3.